The van der Waals surface area contributed by atoms with Gasteiger partial charge in [-0.15, -0.1) is 0 Å². The maximum Gasteiger partial charge on any atom is 0.0579 e. The third-order valence-corrected chi connectivity index (χ3v) is 3.52. The summed E-state index contributed by atoms with van der Waals surface area (Å²) in [5.41, 5.74) is 1.33. The van der Waals surface area contributed by atoms with Gasteiger partial charge in [-0.1, -0.05) is 0 Å². The molecule has 1 aliphatic heterocycles. The van der Waals surface area contributed by atoms with Crippen molar-refractivity contribution in [3.63, 3.8) is 0 Å². The Morgan fingerprint density at radius 1 is 1.60 bits per heavy atom. The van der Waals surface area contributed by atoms with E-state index < -0.39 is 0 Å². The van der Waals surface area contributed by atoms with Crippen molar-refractivity contribution in [3.05, 3.63) is 22.4 Å². The van der Waals surface area contributed by atoms with Gasteiger partial charge in [0.25, 0.3) is 0 Å². The van der Waals surface area contributed by atoms with Gasteiger partial charge in [0.05, 0.1) is 25.2 Å². The van der Waals surface area contributed by atoms with Crippen molar-refractivity contribution in [1.82, 2.24) is 4.90 Å². The van der Waals surface area contributed by atoms with E-state index in [1.54, 1.807) is 11.3 Å². The van der Waals surface area contributed by atoms with E-state index in [4.69, 9.17) is 4.74 Å². The quantitative estimate of drug-likeness (QED) is 0.820. The van der Waals surface area contributed by atoms with E-state index in [1.165, 1.54) is 5.56 Å². The molecule has 0 radical (unpaired) electrons. The van der Waals surface area contributed by atoms with Crippen molar-refractivity contribution in [1.29, 1.82) is 0 Å². The molecule has 0 atom stereocenters. The molecule has 1 aromatic heterocycles. The van der Waals surface area contributed by atoms with Crippen LogP contribution in [0.1, 0.15) is 5.56 Å². The first-order valence-electron chi connectivity index (χ1n) is 5.12. The number of ether oxygens (including phenoxy) is 1. The Morgan fingerprint density at radius 2 is 2.40 bits per heavy atom. The summed E-state index contributed by atoms with van der Waals surface area (Å²) >= 11 is 1.72. The van der Waals surface area contributed by atoms with Crippen LogP contribution in [0.5, 0.6) is 0 Å². The molecule has 1 aromatic rings. The molecule has 1 aliphatic rings. The predicted octanol–water partition coefficient (Wildman–Crippen LogP) is 1.19. The van der Waals surface area contributed by atoms with Gasteiger partial charge in [-0.3, -0.25) is 0 Å². The summed E-state index contributed by atoms with van der Waals surface area (Å²) in [7, 11) is 2.09. The lowest BCUT2D eigenvalue weighted by Gasteiger charge is -2.42. The minimum Gasteiger partial charge on any atom is -0.396 e. The minimum atomic E-state index is -0.00916. The van der Waals surface area contributed by atoms with Crippen molar-refractivity contribution in [2.45, 2.75) is 6.54 Å². The van der Waals surface area contributed by atoms with E-state index in [9.17, 15) is 5.11 Å². The van der Waals surface area contributed by atoms with Gasteiger partial charge in [-0.2, -0.15) is 11.3 Å². The average Bonchev–Trinajstić information content (AvgIpc) is 2.64. The molecule has 2 rings (SSSR count). The van der Waals surface area contributed by atoms with Crippen molar-refractivity contribution in [2.75, 3.05) is 33.4 Å². The maximum absolute atomic E-state index is 9.31. The lowest BCUT2D eigenvalue weighted by Crippen LogP contribution is -2.52. The highest BCUT2D eigenvalue weighted by molar-refractivity contribution is 7.07. The molecule has 0 aromatic carbocycles. The van der Waals surface area contributed by atoms with Crippen LogP contribution in [0, 0.1) is 5.41 Å². The fourth-order valence-electron chi connectivity index (χ4n) is 1.95. The highest BCUT2D eigenvalue weighted by Gasteiger charge is 2.38. The van der Waals surface area contributed by atoms with Gasteiger partial charge < -0.3 is 14.7 Å². The second-order valence-corrected chi connectivity index (χ2v) is 5.23. The molecule has 3 nitrogen and oxygen atoms in total. The third-order valence-electron chi connectivity index (χ3n) is 2.79. The summed E-state index contributed by atoms with van der Waals surface area (Å²) in [4.78, 5) is 2.25. The van der Waals surface area contributed by atoms with Gasteiger partial charge in [0.2, 0.25) is 0 Å². The number of hydrogen-bond donors (Lipinski definition) is 1. The zero-order valence-electron chi connectivity index (χ0n) is 8.98. The normalized spacial score (nSPS) is 19.1. The van der Waals surface area contributed by atoms with Crippen molar-refractivity contribution in [3.8, 4) is 0 Å². The summed E-state index contributed by atoms with van der Waals surface area (Å²) in [6.45, 7) is 3.46. The standard InChI is InChI=1S/C11H17NO2S/c1-12(4-10-2-3-15-5-10)6-11(7-13)8-14-9-11/h2-3,5,13H,4,6-9H2,1H3. The van der Waals surface area contributed by atoms with Crippen LogP contribution in [0.25, 0.3) is 0 Å². The van der Waals surface area contributed by atoms with Gasteiger partial charge in [0.1, 0.15) is 0 Å². The van der Waals surface area contributed by atoms with Crippen LogP contribution in [0.2, 0.25) is 0 Å². The van der Waals surface area contributed by atoms with E-state index >= 15 is 0 Å². The van der Waals surface area contributed by atoms with Gasteiger partial charge in [0.15, 0.2) is 0 Å². The molecule has 2 heterocycles. The molecule has 0 saturated carbocycles. The molecule has 1 saturated heterocycles. The van der Waals surface area contributed by atoms with Gasteiger partial charge in [-0.05, 0) is 29.4 Å². The fraction of sp³-hybridized carbons (Fsp3) is 0.636. The summed E-state index contributed by atoms with van der Waals surface area (Å²) in [5.74, 6) is 0. The van der Waals surface area contributed by atoms with Gasteiger partial charge in [0, 0.05) is 13.1 Å². The van der Waals surface area contributed by atoms with E-state index in [0.717, 1.165) is 13.1 Å². The Hall–Kier alpha value is -0.420. The summed E-state index contributed by atoms with van der Waals surface area (Å²) in [5, 5.41) is 13.6. The molecule has 4 heteroatoms. The smallest absolute Gasteiger partial charge is 0.0579 e. The molecule has 15 heavy (non-hydrogen) atoms. The molecule has 1 fully saturated rings. The summed E-state index contributed by atoms with van der Waals surface area (Å²) in [6.07, 6.45) is 0. The molecule has 0 amide bonds. The average molecular weight is 227 g/mol. The predicted molar refractivity (Wildman–Crippen MR) is 61.0 cm³/mol. The molecule has 0 bridgehead atoms. The Morgan fingerprint density at radius 3 is 2.87 bits per heavy atom. The zero-order chi connectivity index (χ0) is 10.7. The Labute approximate surface area is 94.3 Å². The fourth-order valence-corrected chi connectivity index (χ4v) is 2.61. The van der Waals surface area contributed by atoms with Crippen LogP contribution in [0.4, 0.5) is 0 Å². The number of rotatable bonds is 5. The van der Waals surface area contributed by atoms with E-state index in [-0.39, 0.29) is 12.0 Å². The highest BCUT2D eigenvalue weighted by atomic mass is 32.1. The second-order valence-electron chi connectivity index (χ2n) is 4.45. The Balaban J connectivity index is 1.84. The van der Waals surface area contributed by atoms with Crippen LogP contribution >= 0.6 is 11.3 Å². The number of aliphatic hydroxyl groups excluding tert-OH is 1. The summed E-state index contributed by atoms with van der Waals surface area (Å²) < 4.78 is 5.18. The maximum atomic E-state index is 9.31. The first-order chi connectivity index (χ1) is 7.24. The van der Waals surface area contributed by atoms with Crippen LogP contribution in [0.15, 0.2) is 16.8 Å². The molecule has 84 valence electrons. The van der Waals surface area contributed by atoms with Gasteiger partial charge >= 0.3 is 0 Å². The van der Waals surface area contributed by atoms with E-state index in [2.05, 4.69) is 28.8 Å². The highest BCUT2D eigenvalue weighted by Crippen LogP contribution is 2.28. The van der Waals surface area contributed by atoms with Crippen LogP contribution in [0.3, 0.4) is 0 Å². The number of hydrogen-bond acceptors (Lipinski definition) is 4. The molecule has 1 N–H and O–H groups in total. The molecule has 0 unspecified atom stereocenters. The lowest BCUT2D eigenvalue weighted by atomic mass is 9.86. The minimum absolute atomic E-state index is 0.00916. The molecular formula is C11H17NO2S. The van der Waals surface area contributed by atoms with Crippen LogP contribution in [-0.2, 0) is 11.3 Å². The Kier molecular flexibility index (Phi) is 3.41. The number of thiophene rings is 1. The SMILES string of the molecule is CN(Cc1ccsc1)CC1(CO)COC1. The van der Waals surface area contributed by atoms with E-state index in [1.807, 2.05) is 0 Å². The summed E-state index contributed by atoms with van der Waals surface area (Å²) in [6, 6.07) is 2.14. The molecule has 0 aliphatic carbocycles. The Bertz CT molecular complexity index is 290. The van der Waals surface area contributed by atoms with E-state index in [0.29, 0.717) is 13.2 Å². The zero-order valence-corrected chi connectivity index (χ0v) is 9.80. The number of aliphatic hydroxyl groups is 1. The lowest BCUT2D eigenvalue weighted by molar-refractivity contribution is -0.147. The first-order valence-corrected chi connectivity index (χ1v) is 6.07. The van der Waals surface area contributed by atoms with Crippen molar-refractivity contribution >= 4 is 11.3 Å². The molecule has 0 spiro atoms. The van der Waals surface area contributed by atoms with Crippen LogP contribution < -0.4 is 0 Å². The first kappa shape index (κ1) is 11.1. The number of nitrogens with zero attached hydrogens (tertiary/aromatic N) is 1. The topological polar surface area (TPSA) is 32.7 Å². The van der Waals surface area contributed by atoms with Crippen molar-refractivity contribution < 1.29 is 9.84 Å². The molecular weight excluding hydrogens is 210 g/mol. The monoisotopic (exact) mass is 227 g/mol. The van der Waals surface area contributed by atoms with Gasteiger partial charge in [-0.25, -0.2) is 0 Å². The largest absolute Gasteiger partial charge is 0.396 e. The van der Waals surface area contributed by atoms with Crippen molar-refractivity contribution in [2.24, 2.45) is 5.41 Å². The third kappa shape index (κ3) is 2.58. The second kappa shape index (κ2) is 4.61. The van der Waals surface area contributed by atoms with Crippen LogP contribution in [-0.4, -0.2) is 43.4 Å².